The lowest BCUT2D eigenvalue weighted by Gasteiger charge is -2.22. The fourth-order valence-corrected chi connectivity index (χ4v) is 3.92. The molecule has 2 rings (SSSR count). The maximum absolute atomic E-state index is 12.7. The second kappa shape index (κ2) is 8.63. The smallest absolute Gasteiger partial charge is 0.238 e. The maximum Gasteiger partial charge on any atom is 0.238 e. The molecule has 140 valence electrons. The zero-order chi connectivity index (χ0) is 19.3. The molecule has 2 aromatic carbocycles. The van der Waals surface area contributed by atoms with Gasteiger partial charge in [-0.3, -0.25) is 9.00 Å². The lowest BCUT2D eigenvalue weighted by atomic mass is 9.87. The first-order chi connectivity index (χ1) is 12.2. The summed E-state index contributed by atoms with van der Waals surface area (Å²) in [4.78, 5) is 14.3. The van der Waals surface area contributed by atoms with E-state index in [0.29, 0.717) is 12.3 Å². The summed E-state index contributed by atoms with van der Waals surface area (Å²) in [6.07, 6.45) is 0. The van der Waals surface area contributed by atoms with E-state index >= 15 is 0 Å². The normalized spacial score (nSPS) is 13.9. The molecule has 26 heavy (non-hydrogen) atoms. The summed E-state index contributed by atoms with van der Waals surface area (Å²) >= 11 is 0. The highest BCUT2D eigenvalue weighted by Crippen LogP contribution is 2.22. The van der Waals surface area contributed by atoms with E-state index in [0.717, 1.165) is 11.1 Å². The monoisotopic (exact) mass is 371 g/mol. The molecule has 4 heteroatoms. The molecular formula is C22H29NO2S. The van der Waals surface area contributed by atoms with Crippen LogP contribution in [-0.4, -0.2) is 27.3 Å². The molecule has 0 N–H and O–H groups in total. The molecule has 0 heterocycles. The third-order valence-corrected chi connectivity index (χ3v) is 6.12. The van der Waals surface area contributed by atoms with Crippen LogP contribution in [0.5, 0.6) is 0 Å². The van der Waals surface area contributed by atoms with E-state index in [1.54, 1.807) is 18.9 Å². The molecule has 0 spiro atoms. The van der Waals surface area contributed by atoms with E-state index in [2.05, 4.69) is 32.9 Å². The van der Waals surface area contributed by atoms with Crippen molar-refractivity contribution in [2.45, 2.75) is 50.7 Å². The van der Waals surface area contributed by atoms with Crippen molar-refractivity contribution in [1.82, 2.24) is 4.90 Å². The molecule has 0 saturated heterocycles. The molecular weight excluding hydrogens is 342 g/mol. The van der Waals surface area contributed by atoms with Gasteiger partial charge in [0.25, 0.3) is 0 Å². The van der Waals surface area contributed by atoms with Crippen LogP contribution in [0, 0.1) is 0 Å². The summed E-state index contributed by atoms with van der Waals surface area (Å²) < 4.78 is 12.7. The number of rotatable bonds is 6. The molecule has 0 aliphatic carbocycles. The molecule has 0 aliphatic rings. The van der Waals surface area contributed by atoms with Crippen molar-refractivity contribution in [3.8, 4) is 0 Å². The lowest BCUT2D eigenvalue weighted by molar-refractivity contribution is -0.129. The highest BCUT2D eigenvalue weighted by atomic mass is 32.2. The van der Waals surface area contributed by atoms with Crippen LogP contribution in [0.4, 0.5) is 0 Å². The van der Waals surface area contributed by atoms with Gasteiger partial charge in [-0.1, -0.05) is 75.4 Å². The highest BCUT2D eigenvalue weighted by Gasteiger charge is 2.23. The topological polar surface area (TPSA) is 37.4 Å². The van der Waals surface area contributed by atoms with Gasteiger partial charge in [-0.15, -0.1) is 0 Å². The predicted molar refractivity (Wildman–Crippen MR) is 109 cm³/mol. The number of amides is 1. The largest absolute Gasteiger partial charge is 0.340 e. The van der Waals surface area contributed by atoms with Crippen molar-refractivity contribution in [1.29, 1.82) is 0 Å². The standard InChI is InChI=1S/C22H29NO2S/c1-17(21(24)23(5)15-18-9-7-6-8-10-18)26(25)16-19-11-13-20(14-12-19)22(2,3)4/h6-14,17H,15-16H2,1-5H3/t17-,26-/m1/s1. The number of hydrogen-bond acceptors (Lipinski definition) is 2. The van der Waals surface area contributed by atoms with Gasteiger partial charge in [-0.05, 0) is 29.0 Å². The molecule has 1 amide bonds. The Kier molecular flexibility index (Phi) is 6.76. The molecule has 2 aromatic rings. The van der Waals surface area contributed by atoms with Crippen LogP contribution >= 0.6 is 0 Å². The summed E-state index contributed by atoms with van der Waals surface area (Å²) in [5, 5.41) is -0.522. The minimum Gasteiger partial charge on any atom is -0.340 e. The van der Waals surface area contributed by atoms with Crippen LogP contribution in [0.3, 0.4) is 0 Å². The molecule has 0 saturated carbocycles. The maximum atomic E-state index is 12.7. The third-order valence-electron chi connectivity index (χ3n) is 4.51. The van der Waals surface area contributed by atoms with Gasteiger partial charge in [-0.2, -0.15) is 0 Å². The first-order valence-electron chi connectivity index (χ1n) is 8.94. The molecule has 0 unspecified atom stereocenters. The van der Waals surface area contributed by atoms with Gasteiger partial charge in [0.15, 0.2) is 0 Å². The summed E-state index contributed by atoms with van der Waals surface area (Å²) in [5.74, 6) is 0.315. The number of carbonyl (C=O) groups excluding carboxylic acids is 1. The van der Waals surface area contributed by atoms with Gasteiger partial charge in [0.05, 0.1) is 0 Å². The molecule has 0 aliphatic heterocycles. The first-order valence-corrected chi connectivity index (χ1v) is 10.3. The van der Waals surface area contributed by atoms with Crippen molar-refractivity contribution < 1.29 is 9.00 Å². The van der Waals surface area contributed by atoms with Crippen LogP contribution in [0.25, 0.3) is 0 Å². The highest BCUT2D eigenvalue weighted by molar-refractivity contribution is 7.85. The number of hydrogen-bond donors (Lipinski definition) is 0. The van der Waals surface area contributed by atoms with Gasteiger partial charge in [0.1, 0.15) is 5.25 Å². The van der Waals surface area contributed by atoms with Gasteiger partial charge >= 0.3 is 0 Å². The second-order valence-corrected chi connectivity index (χ2v) is 9.55. The Balaban J connectivity index is 1.96. The van der Waals surface area contributed by atoms with E-state index in [1.807, 2.05) is 42.5 Å². The number of nitrogens with zero attached hydrogens (tertiary/aromatic N) is 1. The summed E-state index contributed by atoms with van der Waals surface area (Å²) in [6.45, 7) is 8.79. The zero-order valence-corrected chi connectivity index (χ0v) is 17.2. The van der Waals surface area contributed by atoms with E-state index < -0.39 is 16.0 Å². The van der Waals surface area contributed by atoms with E-state index in [-0.39, 0.29) is 11.3 Å². The molecule has 0 radical (unpaired) electrons. The summed E-state index contributed by atoms with van der Waals surface area (Å²) in [7, 11) is 0.522. The van der Waals surface area contributed by atoms with Crippen molar-refractivity contribution in [3.05, 3.63) is 71.3 Å². The van der Waals surface area contributed by atoms with Crippen LogP contribution in [-0.2, 0) is 33.3 Å². The van der Waals surface area contributed by atoms with E-state index in [9.17, 15) is 9.00 Å². The Morgan fingerprint density at radius 3 is 2.12 bits per heavy atom. The SMILES string of the molecule is C[C@H](C(=O)N(C)Cc1ccccc1)[S@](=O)Cc1ccc(C(C)(C)C)cc1. The summed E-state index contributed by atoms with van der Waals surface area (Å²) in [6, 6.07) is 18.0. The van der Waals surface area contributed by atoms with Gasteiger partial charge in [0, 0.05) is 30.1 Å². The van der Waals surface area contributed by atoms with E-state index in [1.165, 1.54) is 5.56 Å². The third kappa shape index (κ3) is 5.53. The fourth-order valence-electron chi connectivity index (χ4n) is 2.75. The minimum absolute atomic E-state index is 0.0847. The predicted octanol–water partition coefficient (Wildman–Crippen LogP) is 4.28. The molecule has 0 fully saturated rings. The van der Waals surface area contributed by atoms with Crippen LogP contribution in [0.1, 0.15) is 44.4 Å². The van der Waals surface area contributed by atoms with Gasteiger partial charge in [0.2, 0.25) is 5.91 Å². The first kappa shape index (κ1) is 20.4. The van der Waals surface area contributed by atoms with Crippen LogP contribution < -0.4 is 0 Å². The second-order valence-electron chi connectivity index (χ2n) is 7.79. The van der Waals surface area contributed by atoms with Crippen molar-refractivity contribution in [3.63, 3.8) is 0 Å². The zero-order valence-electron chi connectivity index (χ0n) is 16.4. The number of benzene rings is 2. The van der Waals surface area contributed by atoms with Crippen molar-refractivity contribution >= 4 is 16.7 Å². The Hall–Kier alpha value is -1.94. The average Bonchev–Trinajstić information content (AvgIpc) is 2.61. The molecule has 2 atom stereocenters. The van der Waals surface area contributed by atoms with Crippen molar-refractivity contribution in [2.24, 2.45) is 0 Å². The van der Waals surface area contributed by atoms with Gasteiger partial charge in [-0.25, -0.2) is 0 Å². The lowest BCUT2D eigenvalue weighted by Crippen LogP contribution is -2.37. The number of carbonyl (C=O) groups is 1. The van der Waals surface area contributed by atoms with E-state index in [4.69, 9.17) is 0 Å². The van der Waals surface area contributed by atoms with Crippen LogP contribution in [0.2, 0.25) is 0 Å². The Morgan fingerprint density at radius 2 is 1.58 bits per heavy atom. The molecule has 0 aromatic heterocycles. The fraction of sp³-hybridized carbons (Fsp3) is 0.409. The Morgan fingerprint density at radius 1 is 1.00 bits per heavy atom. The van der Waals surface area contributed by atoms with Crippen molar-refractivity contribution in [2.75, 3.05) is 7.05 Å². The van der Waals surface area contributed by atoms with Crippen LogP contribution in [0.15, 0.2) is 54.6 Å². The molecule has 3 nitrogen and oxygen atoms in total. The van der Waals surface area contributed by atoms with Gasteiger partial charge < -0.3 is 4.90 Å². The Labute approximate surface area is 159 Å². The average molecular weight is 372 g/mol. The Bertz CT molecular complexity index is 748. The minimum atomic E-state index is -1.24. The quantitative estimate of drug-likeness (QED) is 0.760. The molecule has 0 bridgehead atoms. The summed E-state index contributed by atoms with van der Waals surface area (Å²) in [5.41, 5.74) is 3.42.